The van der Waals surface area contributed by atoms with E-state index in [4.69, 9.17) is 5.73 Å². The van der Waals surface area contributed by atoms with Crippen LogP contribution in [0, 0.1) is 5.92 Å². The molecule has 42 heavy (non-hydrogen) atoms. The highest BCUT2D eigenvalue weighted by molar-refractivity contribution is 5.94. The van der Waals surface area contributed by atoms with Crippen LogP contribution in [0.15, 0.2) is 91.0 Å². The number of rotatable bonds is 15. The third-order valence-corrected chi connectivity index (χ3v) is 7.24. The van der Waals surface area contributed by atoms with Crippen molar-refractivity contribution >= 4 is 23.7 Å². The van der Waals surface area contributed by atoms with Gasteiger partial charge in [-0.05, 0) is 29.0 Å². The Morgan fingerprint density at radius 2 is 1.02 bits per heavy atom. The van der Waals surface area contributed by atoms with Gasteiger partial charge in [0.1, 0.15) is 18.1 Å². The van der Waals surface area contributed by atoms with Crippen LogP contribution in [0.5, 0.6) is 0 Å². The number of hydrogen-bond acceptors (Lipinski definition) is 5. The molecule has 0 bridgehead atoms. The number of nitrogens with one attached hydrogen (secondary N) is 3. The number of hydrogen-bond donors (Lipinski definition) is 5. The lowest BCUT2D eigenvalue weighted by atomic mass is 9.97. The van der Waals surface area contributed by atoms with Crippen molar-refractivity contribution < 1.29 is 24.3 Å². The van der Waals surface area contributed by atoms with E-state index in [2.05, 4.69) is 16.0 Å². The third kappa shape index (κ3) is 9.85. The molecule has 0 aromatic heterocycles. The van der Waals surface area contributed by atoms with E-state index >= 15 is 0 Å². The van der Waals surface area contributed by atoms with E-state index in [1.54, 1.807) is 6.92 Å². The van der Waals surface area contributed by atoms with Gasteiger partial charge in [0.15, 0.2) is 0 Å². The van der Waals surface area contributed by atoms with Crippen molar-refractivity contribution in [2.24, 2.45) is 11.7 Å². The predicted molar refractivity (Wildman–Crippen MR) is 161 cm³/mol. The summed E-state index contributed by atoms with van der Waals surface area (Å²) in [5.74, 6) is -3.17. The van der Waals surface area contributed by atoms with Gasteiger partial charge >= 0.3 is 5.97 Å². The zero-order chi connectivity index (χ0) is 30.5. The van der Waals surface area contributed by atoms with Crippen LogP contribution in [-0.2, 0) is 38.4 Å². The number of nitrogens with two attached hydrogens (primary N) is 1. The molecule has 3 aromatic rings. The first-order valence-corrected chi connectivity index (χ1v) is 14.2. The predicted octanol–water partition coefficient (Wildman–Crippen LogP) is 2.63. The van der Waals surface area contributed by atoms with Crippen molar-refractivity contribution in [3.8, 4) is 0 Å². The lowest BCUT2D eigenvalue weighted by molar-refractivity contribution is -0.143. The van der Waals surface area contributed by atoms with Crippen molar-refractivity contribution in [1.29, 1.82) is 0 Å². The van der Waals surface area contributed by atoms with E-state index in [0.717, 1.165) is 16.7 Å². The Morgan fingerprint density at radius 1 is 0.643 bits per heavy atom. The molecule has 0 aliphatic rings. The topological polar surface area (TPSA) is 151 Å². The summed E-state index contributed by atoms with van der Waals surface area (Å²) in [6, 6.07) is 23.5. The maximum absolute atomic E-state index is 13.7. The first-order chi connectivity index (χ1) is 20.2. The van der Waals surface area contributed by atoms with Gasteiger partial charge in [0.25, 0.3) is 0 Å². The summed E-state index contributed by atoms with van der Waals surface area (Å²) in [5.41, 5.74) is 8.68. The first kappa shape index (κ1) is 32.0. The minimum atomic E-state index is -1.15. The fourth-order valence-electron chi connectivity index (χ4n) is 4.57. The molecule has 3 aromatic carbocycles. The number of aliphatic carboxylic acids is 1. The van der Waals surface area contributed by atoms with Gasteiger partial charge in [-0.3, -0.25) is 14.4 Å². The van der Waals surface area contributed by atoms with Crippen molar-refractivity contribution in [2.45, 2.75) is 63.7 Å². The smallest absolute Gasteiger partial charge is 0.326 e. The van der Waals surface area contributed by atoms with E-state index in [0.29, 0.717) is 6.42 Å². The fraction of sp³-hybridized carbons (Fsp3) is 0.333. The van der Waals surface area contributed by atoms with Gasteiger partial charge in [-0.1, -0.05) is 111 Å². The molecule has 0 aliphatic heterocycles. The Balaban J connectivity index is 1.83. The maximum Gasteiger partial charge on any atom is 0.326 e. The molecule has 5 unspecified atom stereocenters. The van der Waals surface area contributed by atoms with Crippen LogP contribution in [0.3, 0.4) is 0 Å². The number of amides is 3. The van der Waals surface area contributed by atoms with Crippen molar-refractivity contribution in [2.75, 3.05) is 0 Å². The molecule has 0 heterocycles. The van der Waals surface area contributed by atoms with Gasteiger partial charge in [-0.15, -0.1) is 0 Å². The zero-order valence-electron chi connectivity index (χ0n) is 24.0. The van der Waals surface area contributed by atoms with Crippen LogP contribution < -0.4 is 21.7 Å². The van der Waals surface area contributed by atoms with Gasteiger partial charge in [0.05, 0.1) is 6.04 Å². The SMILES string of the molecule is CCC(C)C(NC(=O)C(Cc1ccccc1)NC(=O)C(Cc1ccccc1)NC(=O)C(N)Cc1ccccc1)C(=O)O. The molecule has 0 aliphatic carbocycles. The molecule has 5 atom stereocenters. The van der Waals surface area contributed by atoms with Gasteiger partial charge < -0.3 is 26.8 Å². The number of carboxylic acid groups (broad SMARTS) is 1. The Kier molecular flexibility index (Phi) is 12.3. The fourth-order valence-corrected chi connectivity index (χ4v) is 4.57. The Hall–Kier alpha value is -4.50. The summed E-state index contributed by atoms with van der Waals surface area (Å²) in [5, 5.41) is 17.9. The average Bonchev–Trinajstić information content (AvgIpc) is 3.00. The molecule has 0 saturated heterocycles. The summed E-state index contributed by atoms with van der Waals surface area (Å²) < 4.78 is 0. The highest BCUT2D eigenvalue weighted by atomic mass is 16.4. The molecule has 222 valence electrons. The zero-order valence-corrected chi connectivity index (χ0v) is 24.0. The second-order valence-corrected chi connectivity index (χ2v) is 10.5. The van der Waals surface area contributed by atoms with Crippen LogP contribution in [0.2, 0.25) is 0 Å². The van der Waals surface area contributed by atoms with E-state index in [1.807, 2.05) is 97.9 Å². The quantitative estimate of drug-likeness (QED) is 0.189. The Bertz CT molecular complexity index is 1300. The molecular weight excluding hydrogens is 532 g/mol. The largest absolute Gasteiger partial charge is 0.480 e. The number of carbonyl (C=O) groups is 4. The molecule has 0 radical (unpaired) electrons. The monoisotopic (exact) mass is 572 g/mol. The van der Waals surface area contributed by atoms with Crippen molar-refractivity contribution in [1.82, 2.24) is 16.0 Å². The van der Waals surface area contributed by atoms with Crippen LogP contribution in [0.25, 0.3) is 0 Å². The van der Waals surface area contributed by atoms with Gasteiger partial charge in [-0.25, -0.2) is 4.79 Å². The lowest BCUT2D eigenvalue weighted by Crippen LogP contribution is -2.58. The summed E-state index contributed by atoms with van der Waals surface area (Å²) in [7, 11) is 0. The molecule has 6 N–H and O–H groups in total. The van der Waals surface area contributed by atoms with Crippen LogP contribution in [0.1, 0.15) is 37.0 Å². The highest BCUT2D eigenvalue weighted by Crippen LogP contribution is 2.11. The second-order valence-electron chi connectivity index (χ2n) is 10.5. The van der Waals surface area contributed by atoms with E-state index in [-0.39, 0.29) is 25.2 Å². The van der Waals surface area contributed by atoms with E-state index < -0.39 is 47.9 Å². The van der Waals surface area contributed by atoms with Gasteiger partial charge in [0.2, 0.25) is 17.7 Å². The third-order valence-electron chi connectivity index (χ3n) is 7.24. The molecular formula is C33H40N4O5. The molecule has 0 saturated carbocycles. The molecule has 9 nitrogen and oxygen atoms in total. The number of carbonyl (C=O) groups excluding carboxylic acids is 3. The van der Waals surface area contributed by atoms with Crippen molar-refractivity contribution in [3.05, 3.63) is 108 Å². The number of benzene rings is 3. The second kappa shape index (κ2) is 16.1. The van der Waals surface area contributed by atoms with Crippen LogP contribution in [0.4, 0.5) is 0 Å². The standard InChI is InChI=1S/C33H40N4O5/c1-3-22(2)29(33(41)42)37-32(40)28(21-25-17-11-6-12-18-25)36-31(39)27(20-24-15-9-5-10-16-24)35-30(38)26(34)19-23-13-7-4-8-14-23/h4-18,22,26-29H,3,19-21,34H2,1-2H3,(H,35,38)(H,36,39)(H,37,40)(H,41,42). The summed E-state index contributed by atoms with van der Waals surface area (Å²) >= 11 is 0. The molecule has 0 fully saturated rings. The normalized spacial score (nSPS) is 14.5. The molecule has 3 amide bonds. The summed E-state index contributed by atoms with van der Waals surface area (Å²) in [6.07, 6.45) is 1.13. The Morgan fingerprint density at radius 3 is 1.43 bits per heavy atom. The van der Waals surface area contributed by atoms with Gasteiger partial charge in [-0.2, -0.15) is 0 Å². The Labute approximate surface area is 246 Å². The minimum Gasteiger partial charge on any atom is -0.480 e. The average molecular weight is 573 g/mol. The molecule has 0 spiro atoms. The minimum absolute atomic E-state index is 0.130. The lowest BCUT2D eigenvalue weighted by Gasteiger charge is -2.27. The van der Waals surface area contributed by atoms with Crippen LogP contribution >= 0.6 is 0 Å². The van der Waals surface area contributed by atoms with Crippen LogP contribution in [-0.4, -0.2) is 53.0 Å². The van der Waals surface area contributed by atoms with Crippen molar-refractivity contribution in [3.63, 3.8) is 0 Å². The van der Waals surface area contributed by atoms with E-state index in [9.17, 15) is 24.3 Å². The maximum atomic E-state index is 13.7. The highest BCUT2D eigenvalue weighted by Gasteiger charge is 2.32. The molecule has 3 rings (SSSR count). The summed E-state index contributed by atoms with van der Waals surface area (Å²) in [4.78, 5) is 52.2. The number of carboxylic acids is 1. The summed E-state index contributed by atoms with van der Waals surface area (Å²) in [6.45, 7) is 3.59. The van der Waals surface area contributed by atoms with E-state index in [1.165, 1.54) is 0 Å². The first-order valence-electron chi connectivity index (χ1n) is 14.2. The molecule has 9 heteroatoms. The van der Waals surface area contributed by atoms with Gasteiger partial charge in [0, 0.05) is 12.8 Å².